The van der Waals surface area contributed by atoms with Crippen molar-refractivity contribution in [2.24, 2.45) is 0 Å². The molecule has 0 saturated carbocycles. The first-order valence-electron chi connectivity index (χ1n) is 6.23. The number of aliphatic carboxylic acids is 1. The second-order valence-electron chi connectivity index (χ2n) is 5.07. The van der Waals surface area contributed by atoms with Gasteiger partial charge in [-0.15, -0.1) is 0 Å². The molecular formula is C14H18N2O3. The molecule has 1 aliphatic rings. The van der Waals surface area contributed by atoms with Crippen LogP contribution in [0.4, 0.5) is 4.79 Å². The van der Waals surface area contributed by atoms with E-state index in [-0.39, 0.29) is 18.6 Å². The second kappa shape index (κ2) is 4.91. The van der Waals surface area contributed by atoms with Crippen molar-refractivity contribution in [1.29, 1.82) is 0 Å². The van der Waals surface area contributed by atoms with Gasteiger partial charge in [-0.3, -0.25) is 4.79 Å². The zero-order valence-corrected chi connectivity index (χ0v) is 11.4. The molecule has 1 atom stereocenters. The van der Waals surface area contributed by atoms with Crippen molar-refractivity contribution in [3.8, 4) is 0 Å². The predicted molar refractivity (Wildman–Crippen MR) is 71.1 cm³/mol. The summed E-state index contributed by atoms with van der Waals surface area (Å²) in [7, 11) is 0. The van der Waals surface area contributed by atoms with Crippen LogP contribution in [-0.2, 0) is 4.79 Å². The largest absolute Gasteiger partial charge is 0.480 e. The van der Waals surface area contributed by atoms with Gasteiger partial charge >= 0.3 is 12.0 Å². The van der Waals surface area contributed by atoms with Gasteiger partial charge < -0.3 is 15.3 Å². The number of carbonyl (C=O) groups is 2. The van der Waals surface area contributed by atoms with Crippen molar-refractivity contribution in [3.63, 3.8) is 0 Å². The lowest BCUT2D eigenvalue weighted by Crippen LogP contribution is -2.32. The third-order valence-electron chi connectivity index (χ3n) is 3.57. The molecule has 2 amide bonds. The second-order valence-corrected chi connectivity index (χ2v) is 5.07. The van der Waals surface area contributed by atoms with Gasteiger partial charge in [0.2, 0.25) is 0 Å². The van der Waals surface area contributed by atoms with E-state index in [1.165, 1.54) is 16.0 Å². The highest BCUT2D eigenvalue weighted by Crippen LogP contribution is 2.25. The molecule has 0 aromatic heterocycles. The molecule has 19 heavy (non-hydrogen) atoms. The number of nitrogens with one attached hydrogen (secondary N) is 1. The summed E-state index contributed by atoms with van der Waals surface area (Å²) in [6, 6.07) is 3.72. The highest BCUT2D eigenvalue weighted by atomic mass is 16.4. The molecule has 2 rings (SSSR count). The number of aryl methyl sites for hydroxylation is 3. The molecule has 0 radical (unpaired) electrons. The minimum absolute atomic E-state index is 0.133. The van der Waals surface area contributed by atoms with Gasteiger partial charge in [-0.25, -0.2) is 4.79 Å². The van der Waals surface area contributed by atoms with Gasteiger partial charge in [0.1, 0.15) is 6.54 Å². The SMILES string of the molecule is Cc1cc(C)c(C2CN(CC(=O)O)C(=O)N2)cc1C. The number of nitrogens with zero attached hydrogens (tertiary/aromatic N) is 1. The molecule has 1 fully saturated rings. The lowest BCUT2D eigenvalue weighted by atomic mass is 9.96. The summed E-state index contributed by atoms with van der Waals surface area (Å²) in [5, 5.41) is 11.6. The van der Waals surface area contributed by atoms with Gasteiger partial charge in [0, 0.05) is 6.54 Å². The number of carbonyl (C=O) groups excluding carboxylic acids is 1. The Hall–Kier alpha value is -2.04. The van der Waals surface area contributed by atoms with Crippen LogP contribution in [0, 0.1) is 20.8 Å². The summed E-state index contributed by atoms with van der Waals surface area (Å²) in [6.45, 7) is 6.23. The number of rotatable bonds is 3. The highest BCUT2D eigenvalue weighted by molar-refractivity contribution is 5.82. The quantitative estimate of drug-likeness (QED) is 0.872. The third-order valence-corrected chi connectivity index (χ3v) is 3.57. The first-order valence-corrected chi connectivity index (χ1v) is 6.23. The van der Waals surface area contributed by atoms with E-state index in [9.17, 15) is 9.59 Å². The summed E-state index contributed by atoms with van der Waals surface area (Å²) in [4.78, 5) is 23.7. The number of urea groups is 1. The van der Waals surface area contributed by atoms with E-state index >= 15 is 0 Å². The van der Waals surface area contributed by atoms with Crippen molar-refractivity contribution in [2.45, 2.75) is 26.8 Å². The molecule has 102 valence electrons. The van der Waals surface area contributed by atoms with E-state index in [1.807, 2.05) is 13.8 Å². The smallest absolute Gasteiger partial charge is 0.323 e. The molecule has 2 N–H and O–H groups in total. The zero-order chi connectivity index (χ0) is 14.2. The maximum atomic E-state index is 11.7. The van der Waals surface area contributed by atoms with Crippen molar-refractivity contribution in [2.75, 3.05) is 13.1 Å². The maximum Gasteiger partial charge on any atom is 0.323 e. The number of benzene rings is 1. The van der Waals surface area contributed by atoms with E-state index in [0.717, 1.165) is 11.1 Å². The van der Waals surface area contributed by atoms with Crippen LogP contribution >= 0.6 is 0 Å². The standard InChI is InChI=1S/C14H18N2O3/c1-8-4-10(3)11(5-9(8)2)12-6-16(7-13(17)18)14(19)15-12/h4-5,12H,6-7H2,1-3H3,(H,15,19)(H,17,18). The van der Waals surface area contributed by atoms with Gasteiger partial charge in [0.05, 0.1) is 6.04 Å². The predicted octanol–water partition coefficient (Wildman–Crippen LogP) is 1.76. The molecule has 1 unspecified atom stereocenters. The number of carboxylic acids is 1. The number of hydrogen-bond acceptors (Lipinski definition) is 2. The molecule has 5 heteroatoms. The van der Waals surface area contributed by atoms with Crippen molar-refractivity contribution in [1.82, 2.24) is 10.2 Å². The average Bonchev–Trinajstić information content (AvgIpc) is 2.64. The number of carboxylic acid groups (broad SMARTS) is 1. The Labute approximate surface area is 112 Å². The summed E-state index contributed by atoms with van der Waals surface area (Å²) in [5.41, 5.74) is 4.56. The average molecular weight is 262 g/mol. The fraction of sp³-hybridized carbons (Fsp3) is 0.429. The Balaban J connectivity index is 2.23. The highest BCUT2D eigenvalue weighted by Gasteiger charge is 2.31. The Morgan fingerprint density at radius 2 is 1.95 bits per heavy atom. The van der Waals surface area contributed by atoms with Gasteiger partial charge in [-0.1, -0.05) is 12.1 Å². The number of amides is 2. The van der Waals surface area contributed by atoms with E-state index in [0.29, 0.717) is 6.54 Å². The van der Waals surface area contributed by atoms with Crippen LogP contribution in [0.15, 0.2) is 12.1 Å². The molecule has 1 saturated heterocycles. The van der Waals surface area contributed by atoms with Crippen LogP contribution < -0.4 is 5.32 Å². The molecule has 1 heterocycles. The minimum Gasteiger partial charge on any atom is -0.480 e. The summed E-state index contributed by atoms with van der Waals surface area (Å²) in [6.07, 6.45) is 0. The van der Waals surface area contributed by atoms with Gasteiger partial charge in [0.25, 0.3) is 0 Å². The molecule has 0 spiro atoms. The molecule has 0 aliphatic carbocycles. The Bertz CT molecular complexity index is 540. The Morgan fingerprint density at radius 3 is 2.58 bits per heavy atom. The van der Waals surface area contributed by atoms with Gasteiger partial charge in [-0.05, 0) is 43.0 Å². The van der Waals surface area contributed by atoms with Gasteiger partial charge in [-0.2, -0.15) is 0 Å². The molecular weight excluding hydrogens is 244 g/mol. The van der Waals surface area contributed by atoms with Crippen LogP contribution in [-0.4, -0.2) is 35.1 Å². The first kappa shape index (κ1) is 13.4. The number of hydrogen-bond donors (Lipinski definition) is 2. The Kier molecular flexibility index (Phi) is 3.46. The lowest BCUT2D eigenvalue weighted by Gasteiger charge is -2.16. The van der Waals surface area contributed by atoms with E-state index < -0.39 is 5.97 Å². The fourth-order valence-electron chi connectivity index (χ4n) is 2.42. The molecule has 0 bridgehead atoms. The topological polar surface area (TPSA) is 69.6 Å². The van der Waals surface area contributed by atoms with Crippen LogP contribution in [0.25, 0.3) is 0 Å². The van der Waals surface area contributed by atoms with Crippen molar-refractivity contribution in [3.05, 3.63) is 34.4 Å². The summed E-state index contributed by atoms with van der Waals surface area (Å²) < 4.78 is 0. The lowest BCUT2D eigenvalue weighted by molar-refractivity contribution is -0.137. The summed E-state index contributed by atoms with van der Waals surface area (Å²) >= 11 is 0. The molecule has 5 nitrogen and oxygen atoms in total. The van der Waals surface area contributed by atoms with Crippen LogP contribution in [0.2, 0.25) is 0 Å². The van der Waals surface area contributed by atoms with Crippen LogP contribution in [0.5, 0.6) is 0 Å². The first-order chi connectivity index (χ1) is 8.88. The van der Waals surface area contributed by atoms with E-state index in [1.54, 1.807) is 0 Å². The normalized spacial score (nSPS) is 18.6. The maximum absolute atomic E-state index is 11.7. The Morgan fingerprint density at radius 1 is 1.32 bits per heavy atom. The zero-order valence-electron chi connectivity index (χ0n) is 11.4. The monoisotopic (exact) mass is 262 g/mol. The molecule has 1 aromatic carbocycles. The third kappa shape index (κ3) is 2.70. The van der Waals surface area contributed by atoms with Crippen LogP contribution in [0.1, 0.15) is 28.3 Å². The fourth-order valence-corrected chi connectivity index (χ4v) is 2.42. The van der Waals surface area contributed by atoms with E-state index in [2.05, 4.69) is 24.4 Å². The minimum atomic E-state index is -0.993. The van der Waals surface area contributed by atoms with Crippen molar-refractivity contribution < 1.29 is 14.7 Å². The van der Waals surface area contributed by atoms with E-state index in [4.69, 9.17) is 5.11 Å². The summed E-state index contributed by atoms with van der Waals surface area (Å²) in [5.74, 6) is -0.993. The van der Waals surface area contributed by atoms with Crippen molar-refractivity contribution >= 4 is 12.0 Å². The van der Waals surface area contributed by atoms with Crippen LogP contribution in [0.3, 0.4) is 0 Å². The molecule has 1 aromatic rings. The molecule has 1 aliphatic heterocycles. The van der Waals surface area contributed by atoms with Gasteiger partial charge in [0.15, 0.2) is 0 Å².